The molecule has 0 aliphatic rings. The summed E-state index contributed by atoms with van der Waals surface area (Å²) < 4.78 is 0. The molecule has 1 unspecified atom stereocenters. The number of alkyl halides is 1. The molecule has 4 nitrogen and oxygen atoms in total. The summed E-state index contributed by atoms with van der Waals surface area (Å²) >= 11 is 5.42. The second-order valence-corrected chi connectivity index (χ2v) is 2.15. The topological polar surface area (TPSA) is 53.8 Å². The van der Waals surface area contributed by atoms with Crippen LogP contribution in [0.25, 0.3) is 0 Å². The van der Waals surface area contributed by atoms with Gasteiger partial charge in [-0.3, -0.25) is 5.43 Å². The van der Waals surface area contributed by atoms with Crippen molar-refractivity contribution < 1.29 is 0 Å². The van der Waals surface area contributed by atoms with Crippen molar-refractivity contribution in [1.29, 1.82) is 0 Å². The summed E-state index contributed by atoms with van der Waals surface area (Å²) in [7, 11) is 0. The first-order valence-corrected chi connectivity index (χ1v) is 2.87. The third-order valence-electron chi connectivity index (χ3n) is 0.536. The van der Waals surface area contributed by atoms with Crippen molar-refractivity contribution in [3.05, 3.63) is 4.91 Å². The summed E-state index contributed by atoms with van der Waals surface area (Å²) in [6.45, 7) is 3.18. The number of hydrogen-bond donors (Lipinski definition) is 1. The van der Waals surface area contributed by atoms with E-state index in [9.17, 15) is 4.91 Å². The summed E-state index contributed by atoms with van der Waals surface area (Å²) in [5.41, 5.74) is 2.18. The summed E-state index contributed by atoms with van der Waals surface area (Å²) in [5, 5.41) is 6.04. The predicted molar refractivity (Wildman–Crippen MR) is 37.4 cm³/mol. The Morgan fingerprint density at radius 1 is 1.78 bits per heavy atom. The SMILES string of the molecule is C/C(N=O)=N\NC(C)Cl. The van der Waals surface area contributed by atoms with E-state index in [0.717, 1.165) is 0 Å². The molecule has 1 atom stereocenters. The van der Waals surface area contributed by atoms with E-state index in [1.54, 1.807) is 6.92 Å². The molecule has 0 rings (SSSR count). The molecule has 0 bridgehead atoms. The number of nitroso groups, excluding NO2 is 1. The molecule has 5 heteroatoms. The maximum atomic E-state index is 9.65. The number of amidine groups is 1. The maximum Gasteiger partial charge on any atom is 0.189 e. The van der Waals surface area contributed by atoms with Gasteiger partial charge in [0.25, 0.3) is 0 Å². The van der Waals surface area contributed by atoms with Crippen molar-refractivity contribution in [2.75, 3.05) is 0 Å². The summed E-state index contributed by atoms with van der Waals surface area (Å²) in [6, 6.07) is 0. The molecule has 0 radical (unpaired) electrons. The number of nitrogens with one attached hydrogen (secondary N) is 1. The van der Waals surface area contributed by atoms with Crippen LogP contribution in [0, 0.1) is 4.91 Å². The van der Waals surface area contributed by atoms with Crippen LogP contribution in [0.1, 0.15) is 13.8 Å². The molecule has 0 saturated heterocycles. The van der Waals surface area contributed by atoms with Gasteiger partial charge < -0.3 is 0 Å². The first-order chi connectivity index (χ1) is 4.16. The molecule has 0 fully saturated rings. The van der Waals surface area contributed by atoms with Gasteiger partial charge in [-0.05, 0) is 12.1 Å². The third-order valence-corrected chi connectivity index (χ3v) is 0.634. The van der Waals surface area contributed by atoms with Crippen LogP contribution in [0.2, 0.25) is 0 Å². The smallest absolute Gasteiger partial charge is 0.189 e. The Kier molecular flexibility index (Phi) is 3.96. The highest BCUT2D eigenvalue weighted by Gasteiger charge is 1.90. The standard InChI is InChI=1S/C4H8ClN3O/c1-3(5)6-7-4(2)8-9/h3,6H,1-2H3/b7-4+. The highest BCUT2D eigenvalue weighted by Crippen LogP contribution is 1.86. The lowest BCUT2D eigenvalue weighted by molar-refractivity contribution is 0.725. The van der Waals surface area contributed by atoms with Gasteiger partial charge in [-0.25, -0.2) is 0 Å². The van der Waals surface area contributed by atoms with Crippen LogP contribution in [-0.2, 0) is 0 Å². The molecule has 9 heavy (non-hydrogen) atoms. The second-order valence-electron chi connectivity index (χ2n) is 1.50. The van der Waals surface area contributed by atoms with Gasteiger partial charge >= 0.3 is 0 Å². The van der Waals surface area contributed by atoms with Crippen molar-refractivity contribution >= 4 is 17.4 Å². The largest absolute Gasteiger partial charge is 0.291 e. The fourth-order valence-electron chi connectivity index (χ4n) is 0.203. The Morgan fingerprint density at radius 2 is 2.33 bits per heavy atom. The summed E-state index contributed by atoms with van der Waals surface area (Å²) in [6.07, 6.45) is 0. The molecule has 0 aliphatic carbocycles. The molecule has 0 spiro atoms. The predicted octanol–water partition coefficient (Wildman–Crippen LogP) is 1.26. The minimum Gasteiger partial charge on any atom is -0.291 e. The zero-order valence-corrected chi connectivity index (χ0v) is 6.01. The van der Waals surface area contributed by atoms with Gasteiger partial charge in [0.15, 0.2) is 5.84 Å². The lowest BCUT2D eigenvalue weighted by Crippen LogP contribution is -2.14. The molecule has 0 saturated carbocycles. The molecule has 1 N–H and O–H groups in total. The van der Waals surface area contributed by atoms with E-state index in [4.69, 9.17) is 11.6 Å². The quantitative estimate of drug-likeness (QED) is 0.161. The van der Waals surface area contributed by atoms with Gasteiger partial charge in [0.2, 0.25) is 0 Å². The van der Waals surface area contributed by atoms with Crippen LogP contribution in [-0.4, -0.2) is 11.3 Å². The molecule has 0 aliphatic heterocycles. The fraction of sp³-hybridized carbons (Fsp3) is 0.750. The average molecular weight is 150 g/mol. The van der Waals surface area contributed by atoms with Crippen LogP contribution in [0.3, 0.4) is 0 Å². The van der Waals surface area contributed by atoms with Crippen LogP contribution in [0.15, 0.2) is 10.3 Å². The molecule has 0 aromatic heterocycles. The molecular formula is C4H8ClN3O. The third kappa shape index (κ3) is 5.23. The zero-order valence-electron chi connectivity index (χ0n) is 5.26. The molecule has 52 valence electrons. The first-order valence-electron chi connectivity index (χ1n) is 2.44. The zero-order chi connectivity index (χ0) is 7.28. The number of nitrogens with zero attached hydrogens (tertiary/aromatic N) is 2. The van der Waals surface area contributed by atoms with Crippen LogP contribution in [0.4, 0.5) is 0 Å². The minimum atomic E-state index is -0.276. The monoisotopic (exact) mass is 149 g/mol. The highest BCUT2D eigenvalue weighted by molar-refractivity contribution is 6.20. The van der Waals surface area contributed by atoms with Crippen molar-refractivity contribution in [3.8, 4) is 0 Å². The van der Waals surface area contributed by atoms with Crippen molar-refractivity contribution in [1.82, 2.24) is 5.43 Å². The Balaban J connectivity index is 3.56. The Hall–Kier alpha value is -0.640. The van der Waals surface area contributed by atoms with Crippen molar-refractivity contribution in [2.45, 2.75) is 19.3 Å². The van der Waals surface area contributed by atoms with E-state index in [-0.39, 0.29) is 11.3 Å². The van der Waals surface area contributed by atoms with Gasteiger partial charge in [0.05, 0.1) is 0 Å². The molecule has 0 heterocycles. The van der Waals surface area contributed by atoms with Crippen LogP contribution in [0.5, 0.6) is 0 Å². The molecule has 0 amide bonds. The van der Waals surface area contributed by atoms with Gasteiger partial charge in [0, 0.05) is 6.92 Å². The Morgan fingerprint density at radius 3 is 2.67 bits per heavy atom. The van der Waals surface area contributed by atoms with E-state index >= 15 is 0 Å². The number of halogens is 1. The van der Waals surface area contributed by atoms with Crippen molar-refractivity contribution in [2.24, 2.45) is 10.3 Å². The summed E-state index contributed by atoms with van der Waals surface area (Å²) in [4.78, 5) is 9.65. The van der Waals surface area contributed by atoms with E-state index in [1.165, 1.54) is 6.92 Å². The molecular weight excluding hydrogens is 142 g/mol. The van der Waals surface area contributed by atoms with E-state index in [0.29, 0.717) is 0 Å². The lowest BCUT2D eigenvalue weighted by Gasteiger charge is -1.98. The van der Waals surface area contributed by atoms with Crippen LogP contribution >= 0.6 is 11.6 Å². The highest BCUT2D eigenvalue weighted by atomic mass is 35.5. The number of hydrogen-bond acceptors (Lipinski definition) is 3. The normalized spacial score (nSPS) is 14.8. The Bertz CT molecular complexity index is 123. The minimum absolute atomic E-state index is 0.141. The van der Waals surface area contributed by atoms with E-state index in [1.807, 2.05) is 0 Å². The van der Waals surface area contributed by atoms with Gasteiger partial charge in [-0.15, -0.1) is 4.91 Å². The van der Waals surface area contributed by atoms with Crippen LogP contribution < -0.4 is 5.43 Å². The average Bonchev–Trinajstić information content (AvgIpc) is 1.83. The summed E-state index contributed by atoms with van der Waals surface area (Å²) in [5.74, 6) is 0.141. The second kappa shape index (κ2) is 4.26. The Labute approximate surface area is 58.2 Å². The van der Waals surface area contributed by atoms with Gasteiger partial charge in [-0.1, -0.05) is 11.6 Å². The van der Waals surface area contributed by atoms with E-state index < -0.39 is 0 Å². The number of hydrazone groups is 1. The fourth-order valence-corrected chi connectivity index (χ4v) is 0.252. The lowest BCUT2D eigenvalue weighted by atomic mass is 10.7. The first kappa shape index (κ1) is 8.36. The van der Waals surface area contributed by atoms with E-state index in [2.05, 4.69) is 15.7 Å². The van der Waals surface area contributed by atoms with Gasteiger partial charge in [0.1, 0.15) is 5.50 Å². The van der Waals surface area contributed by atoms with Crippen molar-refractivity contribution in [3.63, 3.8) is 0 Å². The molecule has 0 aromatic carbocycles. The number of rotatable bonds is 2. The maximum absolute atomic E-state index is 9.65. The molecule has 0 aromatic rings. The van der Waals surface area contributed by atoms with Gasteiger partial charge in [-0.2, -0.15) is 5.10 Å².